The first-order chi connectivity index (χ1) is 15.6. The lowest BCUT2D eigenvalue weighted by Crippen LogP contribution is -2.10. The molecule has 0 atom stereocenters. The van der Waals surface area contributed by atoms with Crippen LogP contribution in [0.1, 0.15) is 9.67 Å². The number of fused-ring (bicyclic) bond motifs is 1. The first kappa shape index (κ1) is 23.7. The van der Waals surface area contributed by atoms with E-state index in [2.05, 4.69) is 10.0 Å². The second-order valence-corrected chi connectivity index (χ2v) is 11.2. The quantitative estimate of drug-likeness (QED) is 0.269. The summed E-state index contributed by atoms with van der Waals surface area (Å²) in [6.45, 7) is 0. The summed E-state index contributed by atoms with van der Waals surface area (Å²) in [4.78, 5) is 13.3. The normalized spacial score (nSPS) is 11.4. The van der Waals surface area contributed by atoms with Gasteiger partial charge in [-0.3, -0.25) is 9.52 Å². The van der Waals surface area contributed by atoms with Gasteiger partial charge in [-0.2, -0.15) is 0 Å². The molecule has 33 heavy (non-hydrogen) atoms. The molecule has 3 aromatic carbocycles. The largest absolute Gasteiger partial charge is 0.457 e. The van der Waals surface area contributed by atoms with Gasteiger partial charge in [0.15, 0.2) is 0 Å². The van der Waals surface area contributed by atoms with Crippen LogP contribution in [0.2, 0.25) is 15.1 Å². The van der Waals surface area contributed by atoms with Gasteiger partial charge in [-0.25, -0.2) is 8.42 Å². The van der Waals surface area contributed by atoms with Crippen molar-refractivity contribution < 1.29 is 17.9 Å². The molecule has 2 N–H and O–H groups in total. The molecular weight excluding hydrogens is 527 g/mol. The number of hydrogen-bond donors (Lipinski definition) is 2. The fourth-order valence-electron chi connectivity index (χ4n) is 2.97. The van der Waals surface area contributed by atoms with E-state index in [1.165, 1.54) is 11.3 Å². The monoisotopic (exact) mass is 540 g/mol. The van der Waals surface area contributed by atoms with Gasteiger partial charge in [-0.15, -0.1) is 11.3 Å². The summed E-state index contributed by atoms with van der Waals surface area (Å²) in [7, 11) is -3.49. The van der Waals surface area contributed by atoms with E-state index in [1.807, 2.05) is 0 Å². The van der Waals surface area contributed by atoms with Gasteiger partial charge in [0.05, 0.1) is 21.8 Å². The summed E-state index contributed by atoms with van der Waals surface area (Å²) < 4.78 is 31.9. The molecule has 0 unspecified atom stereocenters. The highest BCUT2D eigenvalue weighted by molar-refractivity contribution is 7.92. The molecule has 1 heterocycles. The summed E-state index contributed by atoms with van der Waals surface area (Å²) >= 11 is 19.5. The first-order valence-electron chi connectivity index (χ1n) is 9.32. The minimum absolute atomic E-state index is 0.233. The van der Waals surface area contributed by atoms with Crippen molar-refractivity contribution in [2.45, 2.75) is 0 Å². The van der Waals surface area contributed by atoms with E-state index in [9.17, 15) is 13.2 Å². The fourth-order valence-corrected chi connectivity index (χ4v) is 5.15. The van der Waals surface area contributed by atoms with Crippen LogP contribution in [-0.2, 0) is 10.0 Å². The Morgan fingerprint density at radius 3 is 2.33 bits per heavy atom. The maximum Gasteiger partial charge on any atom is 0.265 e. The van der Waals surface area contributed by atoms with Gasteiger partial charge in [0, 0.05) is 26.5 Å². The molecule has 1 aromatic heterocycles. The molecule has 0 aliphatic heterocycles. The zero-order chi connectivity index (χ0) is 23.8. The van der Waals surface area contributed by atoms with E-state index < -0.39 is 10.0 Å². The van der Waals surface area contributed by atoms with Gasteiger partial charge < -0.3 is 10.1 Å². The number of sulfonamides is 1. The predicted octanol–water partition coefficient (Wildman–Crippen LogP) is 7.28. The van der Waals surface area contributed by atoms with Gasteiger partial charge in [-0.05, 0) is 60.0 Å². The Bertz CT molecular complexity index is 1470. The molecule has 0 saturated carbocycles. The van der Waals surface area contributed by atoms with E-state index in [-0.39, 0.29) is 16.6 Å². The van der Waals surface area contributed by atoms with E-state index in [0.717, 1.165) is 6.26 Å². The Labute approximate surface area is 209 Å². The number of anilines is 2. The molecule has 1 amide bonds. The number of hydrogen-bond acceptors (Lipinski definition) is 5. The van der Waals surface area contributed by atoms with Gasteiger partial charge in [0.2, 0.25) is 10.0 Å². The van der Waals surface area contributed by atoms with Gasteiger partial charge >= 0.3 is 0 Å². The number of benzene rings is 3. The summed E-state index contributed by atoms with van der Waals surface area (Å²) in [6, 6.07) is 16.6. The average molecular weight is 542 g/mol. The lowest BCUT2D eigenvalue weighted by molar-refractivity contribution is 0.103. The third kappa shape index (κ3) is 6.10. The lowest BCUT2D eigenvalue weighted by Gasteiger charge is -2.10. The molecule has 0 bridgehead atoms. The lowest BCUT2D eigenvalue weighted by atomic mass is 10.2. The van der Waals surface area contributed by atoms with Crippen molar-refractivity contribution in [3.8, 4) is 11.5 Å². The molecule has 0 aliphatic carbocycles. The van der Waals surface area contributed by atoms with Crippen molar-refractivity contribution in [1.82, 2.24) is 0 Å². The van der Waals surface area contributed by atoms with Crippen molar-refractivity contribution in [2.75, 3.05) is 16.3 Å². The number of thiophene rings is 1. The minimum atomic E-state index is -3.49. The SMILES string of the molecule is CS(=O)(=O)Nc1cc2sc(C(=O)Nc3cc(Cl)cc(Oc4ccc(Cl)cc4)c3)cc2cc1Cl. The number of carbonyl (C=O) groups excluding carboxylic acids is 1. The predicted molar refractivity (Wildman–Crippen MR) is 136 cm³/mol. The van der Waals surface area contributed by atoms with Crippen LogP contribution in [0.5, 0.6) is 11.5 Å². The highest BCUT2D eigenvalue weighted by atomic mass is 35.5. The molecule has 4 rings (SSSR count). The number of halogens is 3. The second-order valence-electron chi connectivity index (χ2n) is 7.04. The smallest absolute Gasteiger partial charge is 0.265 e. The zero-order valence-corrected chi connectivity index (χ0v) is 20.8. The standard InChI is InChI=1S/C22H15Cl3N2O4S2/c1-33(29,30)27-19-11-20-12(6-18(19)25)7-21(32-20)22(28)26-15-8-14(24)9-17(10-15)31-16-4-2-13(23)3-5-16/h2-11,27H,1H3,(H,26,28). The van der Waals surface area contributed by atoms with Crippen LogP contribution in [0.4, 0.5) is 11.4 Å². The van der Waals surface area contributed by atoms with Crippen molar-refractivity contribution in [3.63, 3.8) is 0 Å². The van der Waals surface area contributed by atoms with Crippen molar-refractivity contribution in [1.29, 1.82) is 0 Å². The van der Waals surface area contributed by atoms with Gasteiger partial charge in [-0.1, -0.05) is 34.8 Å². The molecule has 4 aromatic rings. The van der Waals surface area contributed by atoms with Gasteiger partial charge in [0.1, 0.15) is 11.5 Å². The third-order valence-electron chi connectivity index (χ3n) is 4.30. The number of carbonyl (C=O) groups is 1. The van der Waals surface area contributed by atoms with Crippen molar-refractivity contribution >= 4 is 83.5 Å². The third-order valence-corrected chi connectivity index (χ3v) is 6.77. The first-order valence-corrected chi connectivity index (χ1v) is 13.2. The average Bonchev–Trinajstić information content (AvgIpc) is 3.11. The van der Waals surface area contributed by atoms with Gasteiger partial charge in [0.25, 0.3) is 5.91 Å². The van der Waals surface area contributed by atoms with Crippen LogP contribution in [-0.4, -0.2) is 20.6 Å². The summed E-state index contributed by atoms with van der Waals surface area (Å²) in [5.74, 6) is 0.656. The molecule has 6 nitrogen and oxygen atoms in total. The van der Waals surface area contributed by atoms with E-state index in [1.54, 1.807) is 60.7 Å². The number of nitrogens with one attached hydrogen (secondary N) is 2. The summed E-state index contributed by atoms with van der Waals surface area (Å²) in [5, 5.41) is 4.73. The molecule has 170 valence electrons. The zero-order valence-electron chi connectivity index (χ0n) is 16.9. The molecule has 11 heteroatoms. The number of rotatable bonds is 6. The second kappa shape index (κ2) is 9.40. The number of amides is 1. The maximum atomic E-state index is 12.9. The van der Waals surface area contributed by atoms with E-state index >= 15 is 0 Å². The molecule has 0 saturated heterocycles. The fraction of sp³-hybridized carbons (Fsp3) is 0.0455. The molecule has 0 spiro atoms. The Balaban J connectivity index is 1.56. The molecular formula is C22H15Cl3N2O4S2. The van der Waals surface area contributed by atoms with Crippen LogP contribution < -0.4 is 14.8 Å². The number of ether oxygens (including phenoxy) is 1. The summed E-state index contributed by atoms with van der Waals surface area (Å²) in [6.07, 6.45) is 1.04. The Kier molecular flexibility index (Phi) is 6.74. The highest BCUT2D eigenvalue weighted by Gasteiger charge is 2.15. The molecule has 0 radical (unpaired) electrons. The molecule has 0 aliphatic rings. The van der Waals surface area contributed by atoms with E-state index in [4.69, 9.17) is 39.5 Å². The van der Waals surface area contributed by atoms with Crippen LogP contribution in [0.25, 0.3) is 10.1 Å². The van der Waals surface area contributed by atoms with Crippen molar-refractivity contribution in [2.24, 2.45) is 0 Å². The maximum absolute atomic E-state index is 12.9. The summed E-state index contributed by atoms with van der Waals surface area (Å²) in [5.41, 5.74) is 0.700. The van der Waals surface area contributed by atoms with E-state index in [0.29, 0.717) is 42.2 Å². The van der Waals surface area contributed by atoms with Crippen LogP contribution in [0.15, 0.2) is 60.7 Å². The molecule has 0 fully saturated rings. The topological polar surface area (TPSA) is 84.5 Å². The van der Waals surface area contributed by atoms with Crippen LogP contribution in [0.3, 0.4) is 0 Å². The van der Waals surface area contributed by atoms with Crippen LogP contribution in [0, 0.1) is 0 Å². The Morgan fingerprint density at radius 1 is 0.909 bits per heavy atom. The van der Waals surface area contributed by atoms with Crippen LogP contribution >= 0.6 is 46.1 Å². The minimum Gasteiger partial charge on any atom is -0.457 e. The highest BCUT2D eigenvalue weighted by Crippen LogP contribution is 2.35. The van der Waals surface area contributed by atoms with Crippen molar-refractivity contribution in [3.05, 3.63) is 80.6 Å². The Morgan fingerprint density at radius 2 is 1.64 bits per heavy atom. The Hall–Kier alpha value is -2.49.